The number of nitrogens with one attached hydrogen (secondary N) is 2. The van der Waals surface area contributed by atoms with Gasteiger partial charge < -0.3 is 10.3 Å². The number of hydrogen-bond acceptors (Lipinski definition) is 3. The van der Waals surface area contributed by atoms with E-state index in [0.29, 0.717) is 18.5 Å². The summed E-state index contributed by atoms with van der Waals surface area (Å²) in [4.78, 5) is 18.3. The number of benzene rings is 1. The van der Waals surface area contributed by atoms with Crippen molar-refractivity contribution in [1.29, 1.82) is 0 Å². The standard InChI is InChI=1S/C23H29N5O/c29-23(26-22-9-12-25-28(22)18-5-1-2-6-18)16-27-13-10-17(11-14-27)20-15-24-21-8-4-3-7-19(20)21/h3-4,7-9,12,15,17-18,24H,1-2,5-6,10-11,13-14,16H2,(H,26,29). The molecule has 0 radical (unpaired) electrons. The molecule has 2 aliphatic rings. The van der Waals surface area contributed by atoms with Crippen LogP contribution >= 0.6 is 0 Å². The predicted octanol–water partition coefficient (Wildman–Crippen LogP) is 4.30. The number of aromatic amines is 1. The second-order valence-corrected chi connectivity index (χ2v) is 8.49. The van der Waals surface area contributed by atoms with Gasteiger partial charge in [-0.25, -0.2) is 4.68 Å². The monoisotopic (exact) mass is 391 g/mol. The number of hydrogen-bond donors (Lipinski definition) is 2. The van der Waals surface area contributed by atoms with Gasteiger partial charge in [0.15, 0.2) is 0 Å². The summed E-state index contributed by atoms with van der Waals surface area (Å²) < 4.78 is 2.01. The van der Waals surface area contributed by atoms with E-state index in [9.17, 15) is 4.79 Å². The van der Waals surface area contributed by atoms with Gasteiger partial charge in [-0.3, -0.25) is 9.69 Å². The Kier molecular flexibility index (Phi) is 5.10. The van der Waals surface area contributed by atoms with Crippen molar-refractivity contribution in [2.75, 3.05) is 25.0 Å². The van der Waals surface area contributed by atoms with Gasteiger partial charge in [-0.2, -0.15) is 5.10 Å². The van der Waals surface area contributed by atoms with Crippen LogP contribution in [0.2, 0.25) is 0 Å². The van der Waals surface area contributed by atoms with Crippen LogP contribution in [0.5, 0.6) is 0 Å². The molecular weight excluding hydrogens is 362 g/mol. The average Bonchev–Trinajstić information content (AvgIpc) is 3.49. The van der Waals surface area contributed by atoms with Crippen molar-refractivity contribution in [3.05, 3.63) is 48.3 Å². The van der Waals surface area contributed by atoms with Gasteiger partial charge in [0.2, 0.25) is 5.91 Å². The second-order valence-electron chi connectivity index (χ2n) is 8.49. The summed E-state index contributed by atoms with van der Waals surface area (Å²) in [5.41, 5.74) is 2.63. The van der Waals surface area contributed by atoms with Crippen LogP contribution in [0.3, 0.4) is 0 Å². The van der Waals surface area contributed by atoms with Gasteiger partial charge in [0.25, 0.3) is 0 Å². The molecule has 1 amide bonds. The van der Waals surface area contributed by atoms with E-state index in [0.717, 1.165) is 44.6 Å². The van der Waals surface area contributed by atoms with E-state index in [1.54, 1.807) is 6.20 Å². The number of nitrogens with zero attached hydrogens (tertiary/aromatic N) is 3. The van der Waals surface area contributed by atoms with Gasteiger partial charge in [-0.15, -0.1) is 0 Å². The van der Waals surface area contributed by atoms with Gasteiger partial charge in [0.1, 0.15) is 5.82 Å². The smallest absolute Gasteiger partial charge is 0.239 e. The predicted molar refractivity (Wildman–Crippen MR) is 115 cm³/mol. The molecule has 0 bridgehead atoms. The van der Waals surface area contributed by atoms with Crippen LogP contribution in [0.25, 0.3) is 10.9 Å². The molecule has 1 aliphatic heterocycles. The van der Waals surface area contributed by atoms with Crippen molar-refractivity contribution in [3.8, 4) is 0 Å². The first-order chi connectivity index (χ1) is 14.3. The van der Waals surface area contributed by atoms with E-state index in [1.165, 1.54) is 29.3 Å². The molecule has 3 heterocycles. The van der Waals surface area contributed by atoms with E-state index < -0.39 is 0 Å². The fraction of sp³-hybridized carbons (Fsp3) is 0.478. The minimum atomic E-state index is 0.0651. The Labute approximate surface area is 171 Å². The Morgan fingerprint density at radius 2 is 1.90 bits per heavy atom. The molecule has 29 heavy (non-hydrogen) atoms. The number of fused-ring (bicyclic) bond motifs is 1. The highest BCUT2D eigenvalue weighted by molar-refractivity contribution is 5.91. The molecule has 6 heteroatoms. The van der Waals surface area contributed by atoms with Crippen molar-refractivity contribution in [2.24, 2.45) is 0 Å². The third-order valence-corrected chi connectivity index (χ3v) is 6.62. The lowest BCUT2D eigenvalue weighted by molar-refractivity contribution is -0.117. The molecule has 5 rings (SSSR count). The molecule has 0 atom stereocenters. The zero-order valence-corrected chi connectivity index (χ0v) is 16.8. The normalized spacial score (nSPS) is 19.2. The number of rotatable bonds is 5. The topological polar surface area (TPSA) is 66.0 Å². The van der Waals surface area contributed by atoms with E-state index >= 15 is 0 Å². The van der Waals surface area contributed by atoms with Crippen molar-refractivity contribution in [3.63, 3.8) is 0 Å². The number of likely N-dealkylation sites (tertiary alicyclic amines) is 1. The number of piperidine rings is 1. The zero-order valence-electron chi connectivity index (χ0n) is 16.8. The lowest BCUT2D eigenvalue weighted by Crippen LogP contribution is -2.39. The molecule has 1 saturated carbocycles. The molecule has 1 aromatic carbocycles. The Balaban J connectivity index is 1.16. The van der Waals surface area contributed by atoms with Crippen LogP contribution in [-0.4, -0.2) is 45.2 Å². The summed E-state index contributed by atoms with van der Waals surface area (Å²) in [5, 5.41) is 8.88. The third kappa shape index (κ3) is 3.81. The van der Waals surface area contributed by atoms with E-state index in [-0.39, 0.29) is 5.91 Å². The minimum Gasteiger partial charge on any atom is -0.361 e. The van der Waals surface area contributed by atoms with Crippen molar-refractivity contribution in [2.45, 2.75) is 50.5 Å². The molecule has 152 valence electrons. The molecule has 0 spiro atoms. The van der Waals surface area contributed by atoms with Crippen molar-refractivity contribution in [1.82, 2.24) is 19.7 Å². The number of carbonyl (C=O) groups excluding carboxylic acids is 1. The maximum Gasteiger partial charge on any atom is 0.239 e. The summed E-state index contributed by atoms with van der Waals surface area (Å²) in [5.74, 6) is 1.47. The number of carbonyl (C=O) groups is 1. The Morgan fingerprint density at radius 3 is 2.72 bits per heavy atom. The van der Waals surface area contributed by atoms with Crippen molar-refractivity contribution >= 4 is 22.6 Å². The number of para-hydroxylation sites is 1. The number of aromatic nitrogens is 3. The molecule has 1 aliphatic carbocycles. The highest BCUT2D eigenvalue weighted by atomic mass is 16.2. The molecule has 2 fully saturated rings. The summed E-state index contributed by atoms with van der Waals surface area (Å²) in [6, 6.07) is 10.9. The fourth-order valence-electron chi connectivity index (χ4n) is 5.07. The summed E-state index contributed by atoms with van der Waals surface area (Å²) in [6.45, 7) is 2.37. The Bertz CT molecular complexity index is 976. The van der Waals surface area contributed by atoms with Crippen LogP contribution < -0.4 is 5.32 Å². The molecule has 2 N–H and O–H groups in total. The van der Waals surface area contributed by atoms with Gasteiger partial charge in [-0.05, 0) is 56.3 Å². The van der Waals surface area contributed by atoms with Gasteiger partial charge in [0.05, 0.1) is 18.8 Å². The maximum absolute atomic E-state index is 12.6. The fourth-order valence-corrected chi connectivity index (χ4v) is 5.07. The van der Waals surface area contributed by atoms with E-state index in [1.807, 2.05) is 10.7 Å². The van der Waals surface area contributed by atoms with Crippen LogP contribution in [0.1, 0.15) is 56.0 Å². The Hall–Kier alpha value is -2.60. The minimum absolute atomic E-state index is 0.0651. The van der Waals surface area contributed by atoms with Gasteiger partial charge >= 0.3 is 0 Å². The number of amides is 1. The van der Waals surface area contributed by atoms with Gasteiger partial charge in [0, 0.05) is 23.2 Å². The van der Waals surface area contributed by atoms with Crippen LogP contribution in [0, 0.1) is 0 Å². The highest BCUT2D eigenvalue weighted by Crippen LogP contribution is 2.33. The largest absolute Gasteiger partial charge is 0.361 e. The quantitative estimate of drug-likeness (QED) is 0.682. The average molecular weight is 392 g/mol. The number of H-pyrrole nitrogens is 1. The van der Waals surface area contributed by atoms with E-state index in [4.69, 9.17) is 0 Å². The molecule has 2 aromatic heterocycles. The van der Waals surface area contributed by atoms with E-state index in [2.05, 4.69) is 50.8 Å². The summed E-state index contributed by atoms with van der Waals surface area (Å²) in [6.07, 6.45) is 11.0. The lowest BCUT2D eigenvalue weighted by atomic mass is 9.89. The lowest BCUT2D eigenvalue weighted by Gasteiger charge is -2.31. The molecule has 3 aromatic rings. The van der Waals surface area contributed by atoms with Gasteiger partial charge in [-0.1, -0.05) is 31.0 Å². The zero-order chi connectivity index (χ0) is 19.6. The summed E-state index contributed by atoms with van der Waals surface area (Å²) in [7, 11) is 0. The first kappa shape index (κ1) is 18.4. The second kappa shape index (κ2) is 8.03. The van der Waals surface area contributed by atoms with Crippen LogP contribution in [-0.2, 0) is 4.79 Å². The summed E-state index contributed by atoms with van der Waals surface area (Å²) >= 11 is 0. The molecule has 6 nitrogen and oxygen atoms in total. The third-order valence-electron chi connectivity index (χ3n) is 6.62. The molecule has 0 unspecified atom stereocenters. The first-order valence-corrected chi connectivity index (χ1v) is 10.9. The Morgan fingerprint density at radius 1 is 1.10 bits per heavy atom. The first-order valence-electron chi connectivity index (χ1n) is 10.9. The van der Waals surface area contributed by atoms with Crippen LogP contribution in [0.4, 0.5) is 5.82 Å². The highest BCUT2D eigenvalue weighted by Gasteiger charge is 2.25. The van der Waals surface area contributed by atoms with Crippen LogP contribution in [0.15, 0.2) is 42.7 Å². The maximum atomic E-state index is 12.6. The molecule has 1 saturated heterocycles. The molecular formula is C23H29N5O. The SMILES string of the molecule is O=C(CN1CCC(c2c[nH]c3ccccc23)CC1)Nc1ccnn1C1CCCC1. The number of anilines is 1. The van der Waals surface area contributed by atoms with Crippen molar-refractivity contribution < 1.29 is 4.79 Å².